The first-order chi connectivity index (χ1) is 13.0. The average Bonchev–Trinajstić information content (AvgIpc) is 2.69. The van der Waals surface area contributed by atoms with Crippen molar-refractivity contribution >= 4 is 46.6 Å². The molecule has 0 spiro atoms. The predicted molar refractivity (Wildman–Crippen MR) is 110 cm³/mol. The Morgan fingerprint density at radius 1 is 1.07 bits per heavy atom. The number of carbonyl (C=O) groups excluding carboxylic acids is 1. The molecule has 0 radical (unpaired) electrons. The van der Waals surface area contributed by atoms with Crippen LogP contribution in [0.3, 0.4) is 0 Å². The van der Waals surface area contributed by atoms with Crippen molar-refractivity contribution in [1.29, 1.82) is 0 Å². The zero-order valence-corrected chi connectivity index (χ0v) is 16.6. The van der Waals surface area contributed by atoms with E-state index in [1.807, 2.05) is 36.4 Å². The summed E-state index contributed by atoms with van der Waals surface area (Å²) < 4.78 is 5.22. The highest BCUT2D eigenvalue weighted by molar-refractivity contribution is 7.99. The number of halogens is 2. The van der Waals surface area contributed by atoms with Gasteiger partial charge in [-0.1, -0.05) is 47.1 Å². The van der Waals surface area contributed by atoms with Gasteiger partial charge in [0.05, 0.1) is 28.6 Å². The second kappa shape index (κ2) is 9.08. The summed E-state index contributed by atoms with van der Waals surface area (Å²) in [4.78, 5) is 12.1. The van der Waals surface area contributed by atoms with E-state index in [4.69, 9.17) is 27.9 Å². The van der Waals surface area contributed by atoms with Gasteiger partial charge in [0.15, 0.2) is 0 Å². The van der Waals surface area contributed by atoms with Crippen molar-refractivity contribution in [2.24, 2.45) is 0 Å². The highest BCUT2D eigenvalue weighted by Crippen LogP contribution is 2.26. The van der Waals surface area contributed by atoms with Crippen LogP contribution >= 0.6 is 35.0 Å². The lowest BCUT2D eigenvalue weighted by Gasteiger charge is -2.06. The zero-order chi connectivity index (χ0) is 19.2. The van der Waals surface area contributed by atoms with E-state index < -0.39 is 0 Å². The molecular formula is C19H15Cl2N3O2S. The van der Waals surface area contributed by atoms with Gasteiger partial charge in [0.25, 0.3) is 0 Å². The van der Waals surface area contributed by atoms with Crippen molar-refractivity contribution in [2.75, 3.05) is 18.2 Å². The molecule has 3 aromatic rings. The lowest BCUT2D eigenvalue weighted by atomic mass is 10.1. The molecule has 0 aliphatic carbocycles. The van der Waals surface area contributed by atoms with Gasteiger partial charge in [-0.15, -0.1) is 10.2 Å². The fraction of sp³-hybridized carbons (Fsp3) is 0.105. The van der Waals surface area contributed by atoms with Gasteiger partial charge in [0.2, 0.25) is 5.91 Å². The molecule has 3 rings (SSSR count). The number of aromatic nitrogens is 2. The average molecular weight is 420 g/mol. The number of anilines is 1. The molecule has 0 saturated heterocycles. The second-order valence-electron chi connectivity index (χ2n) is 5.45. The summed E-state index contributed by atoms with van der Waals surface area (Å²) >= 11 is 13.1. The fourth-order valence-corrected chi connectivity index (χ4v) is 3.16. The van der Waals surface area contributed by atoms with Crippen LogP contribution < -0.4 is 10.1 Å². The van der Waals surface area contributed by atoms with Crippen LogP contribution in [0.15, 0.2) is 59.6 Å². The molecular weight excluding hydrogens is 405 g/mol. The first-order valence-corrected chi connectivity index (χ1v) is 9.65. The minimum atomic E-state index is -0.169. The number of benzene rings is 2. The molecule has 2 aromatic carbocycles. The standard InChI is InChI=1S/C19H15Cl2N3O2S/c1-26-14-4-2-3-12(9-14)17-7-8-19(24-23-17)27-11-18(25)22-13-5-6-15(20)16(21)10-13/h2-10H,11H2,1H3,(H,22,25). The maximum Gasteiger partial charge on any atom is 0.234 e. The van der Waals surface area contributed by atoms with Crippen molar-refractivity contribution in [1.82, 2.24) is 10.2 Å². The number of hydrogen-bond donors (Lipinski definition) is 1. The van der Waals surface area contributed by atoms with E-state index in [9.17, 15) is 4.79 Å². The quantitative estimate of drug-likeness (QED) is 0.556. The molecule has 1 aromatic heterocycles. The molecule has 0 fully saturated rings. The molecule has 1 N–H and O–H groups in total. The van der Waals surface area contributed by atoms with Crippen LogP contribution in [-0.4, -0.2) is 29.0 Å². The van der Waals surface area contributed by atoms with Gasteiger partial charge >= 0.3 is 0 Å². The number of rotatable bonds is 6. The molecule has 5 nitrogen and oxygen atoms in total. The molecule has 0 saturated carbocycles. The van der Waals surface area contributed by atoms with Gasteiger partial charge in [0, 0.05) is 11.3 Å². The Labute approximate surface area is 171 Å². The van der Waals surface area contributed by atoms with Gasteiger partial charge in [0.1, 0.15) is 10.8 Å². The second-order valence-corrected chi connectivity index (χ2v) is 7.26. The fourth-order valence-electron chi connectivity index (χ4n) is 2.24. The lowest BCUT2D eigenvalue weighted by molar-refractivity contribution is -0.113. The molecule has 0 bridgehead atoms. The Bertz CT molecular complexity index is 952. The zero-order valence-electron chi connectivity index (χ0n) is 14.3. The van der Waals surface area contributed by atoms with Crippen LogP contribution in [-0.2, 0) is 4.79 Å². The number of nitrogens with zero attached hydrogens (tertiary/aromatic N) is 2. The Hall–Kier alpha value is -2.28. The summed E-state index contributed by atoms with van der Waals surface area (Å²) in [5.74, 6) is 0.789. The molecule has 27 heavy (non-hydrogen) atoms. The summed E-state index contributed by atoms with van der Waals surface area (Å²) in [5.41, 5.74) is 2.24. The molecule has 0 unspecified atom stereocenters. The van der Waals surface area contributed by atoms with Crippen LogP contribution in [0.25, 0.3) is 11.3 Å². The van der Waals surface area contributed by atoms with Crippen LogP contribution in [0.1, 0.15) is 0 Å². The first-order valence-electron chi connectivity index (χ1n) is 7.91. The van der Waals surface area contributed by atoms with Crippen molar-refractivity contribution in [3.05, 3.63) is 64.6 Å². The lowest BCUT2D eigenvalue weighted by Crippen LogP contribution is -2.14. The van der Waals surface area contributed by atoms with E-state index in [0.717, 1.165) is 17.0 Å². The summed E-state index contributed by atoms with van der Waals surface area (Å²) in [6.07, 6.45) is 0. The Balaban J connectivity index is 1.58. The molecule has 1 amide bonds. The van der Waals surface area contributed by atoms with E-state index in [-0.39, 0.29) is 11.7 Å². The maximum absolute atomic E-state index is 12.1. The van der Waals surface area contributed by atoms with E-state index >= 15 is 0 Å². The third-order valence-electron chi connectivity index (χ3n) is 3.56. The third-order valence-corrected chi connectivity index (χ3v) is 5.22. The third kappa shape index (κ3) is 5.35. The molecule has 0 aliphatic rings. The van der Waals surface area contributed by atoms with Gasteiger partial charge in [-0.25, -0.2) is 0 Å². The predicted octanol–water partition coefficient (Wildman–Crippen LogP) is 5.19. The molecule has 138 valence electrons. The molecule has 8 heteroatoms. The van der Waals surface area contributed by atoms with Gasteiger partial charge < -0.3 is 10.1 Å². The van der Waals surface area contributed by atoms with Gasteiger partial charge in [-0.05, 0) is 42.5 Å². The van der Waals surface area contributed by atoms with Crippen LogP contribution in [0.5, 0.6) is 5.75 Å². The number of amides is 1. The van der Waals surface area contributed by atoms with Crippen molar-refractivity contribution < 1.29 is 9.53 Å². The minimum absolute atomic E-state index is 0.169. The highest BCUT2D eigenvalue weighted by Gasteiger charge is 2.08. The molecule has 1 heterocycles. The summed E-state index contributed by atoms with van der Waals surface area (Å²) in [5, 5.41) is 12.6. The number of thioether (sulfide) groups is 1. The van der Waals surface area contributed by atoms with Crippen molar-refractivity contribution in [3.63, 3.8) is 0 Å². The van der Waals surface area contributed by atoms with E-state index in [1.54, 1.807) is 25.3 Å². The number of methoxy groups -OCH3 is 1. The largest absolute Gasteiger partial charge is 0.497 e. The number of hydrogen-bond acceptors (Lipinski definition) is 5. The number of carbonyl (C=O) groups is 1. The van der Waals surface area contributed by atoms with E-state index in [2.05, 4.69) is 15.5 Å². The summed E-state index contributed by atoms with van der Waals surface area (Å²) in [6, 6.07) is 16.2. The smallest absolute Gasteiger partial charge is 0.234 e. The maximum atomic E-state index is 12.1. The Morgan fingerprint density at radius 2 is 1.93 bits per heavy atom. The molecule has 0 aliphatic heterocycles. The van der Waals surface area contributed by atoms with Crippen LogP contribution in [0, 0.1) is 0 Å². The van der Waals surface area contributed by atoms with Gasteiger partial charge in [-0.3, -0.25) is 4.79 Å². The SMILES string of the molecule is COc1cccc(-c2ccc(SCC(=O)Nc3ccc(Cl)c(Cl)c3)nn2)c1. The topological polar surface area (TPSA) is 64.1 Å². The molecule has 0 atom stereocenters. The summed E-state index contributed by atoms with van der Waals surface area (Å²) in [7, 11) is 1.62. The monoisotopic (exact) mass is 419 g/mol. The number of ether oxygens (including phenoxy) is 1. The normalized spacial score (nSPS) is 10.5. The Morgan fingerprint density at radius 3 is 2.63 bits per heavy atom. The van der Waals surface area contributed by atoms with Crippen LogP contribution in [0.2, 0.25) is 10.0 Å². The first kappa shape index (κ1) is 19.5. The van der Waals surface area contributed by atoms with Crippen molar-refractivity contribution in [3.8, 4) is 17.0 Å². The minimum Gasteiger partial charge on any atom is -0.497 e. The van der Waals surface area contributed by atoms with Crippen LogP contribution in [0.4, 0.5) is 5.69 Å². The van der Waals surface area contributed by atoms with Crippen molar-refractivity contribution in [2.45, 2.75) is 5.03 Å². The van der Waals surface area contributed by atoms with E-state index in [0.29, 0.717) is 20.8 Å². The van der Waals surface area contributed by atoms with Gasteiger partial charge in [-0.2, -0.15) is 0 Å². The van der Waals surface area contributed by atoms with E-state index in [1.165, 1.54) is 11.8 Å². The highest BCUT2D eigenvalue weighted by atomic mass is 35.5. The number of nitrogens with one attached hydrogen (secondary N) is 1. The summed E-state index contributed by atoms with van der Waals surface area (Å²) in [6.45, 7) is 0. The Kier molecular flexibility index (Phi) is 6.55.